The molecule has 22 heavy (non-hydrogen) atoms. The Morgan fingerprint density at radius 1 is 1.18 bits per heavy atom. The van der Waals surface area contributed by atoms with Crippen molar-refractivity contribution in [2.45, 2.75) is 12.2 Å². The Balaban J connectivity index is 1.68. The Bertz CT molecular complexity index is 645. The van der Waals surface area contributed by atoms with Crippen LogP contribution in [0.5, 0.6) is 5.75 Å². The number of β-amino-alcohol motifs (C(OH)–C–C–N with tert-alkyl or cyclic N) is 1. The molecule has 1 saturated heterocycles. The van der Waals surface area contributed by atoms with Crippen molar-refractivity contribution in [3.63, 3.8) is 0 Å². The second kappa shape index (κ2) is 6.03. The highest BCUT2D eigenvalue weighted by Crippen LogP contribution is 2.22. The second-order valence-corrected chi connectivity index (χ2v) is 5.15. The Hall–Kier alpha value is -2.60. The van der Waals surface area contributed by atoms with E-state index in [9.17, 15) is 9.90 Å². The lowest BCUT2D eigenvalue weighted by Gasteiger charge is -2.17. The van der Waals surface area contributed by atoms with Crippen molar-refractivity contribution < 1.29 is 19.7 Å². The fourth-order valence-electron chi connectivity index (χ4n) is 2.43. The van der Waals surface area contributed by atoms with Crippen molar-refractivity contribution in [2.75, 3.05) is 18.0 Å². The summed E-state index contributed by atoms with van der Waals surface area (Å²) in [6.07, 6.45) is 0.347. The number of carboxylic acid groups (broad SMARTS) is 1. The molecule has 2 atom stereocenters. The fraction of sp³-hybridized carbons (Fsp3) is 0.250. The van der Waals surface area contributed by atoms with E-state index in [-0.39, 0.29) is 11.7 Å². The number of hydrogen-bond donors (Lipinski definition) is 2. The highest BCUT2D eigenvalue weighted by atomic mass is 16.5. The minimum atomic E-state index is -1.01. The summed E-state index contributed by atoms with van der Waals surface area (Å²) in [6, 6.07) is 12.5. The molecular formula is C16H16N2O4. The first-order valence-electron chi connectivity index (χ1n) is 6.97. The number of anilines is 1. The zero-order chi connectivity index (χ0) is 15.5. The predicted molar refractivity (Wildman–Crippen MR) is 80.3 cm³/mol. The lowest BCUT2D eigenvalue weighted by Crippen LogP contribution is -2.29. The van der Waals surface area contributed by atoms with Crippen LogP contribution in [-0.4, -0.2) is 46.5 Å². The van der Waals surface area contributed by atoms with Crippen LogP contribution >= 0.6 is 0 Å². The lowest BCUT2D eigenvalue weighted by atomic mass is 10.2. The number of ether oxygens (including phenoxy) is 1. The third-order valence-electron chi connectivity index (χ3n) is 3.59. The van der Waals surface area contributed by atoms with E-state index in [0.29, 0.717) is 24.7 Å². The maximum Gasteiger partial charge on any atom is 0.337 e. The average molecular weight is 300 g/mol. The van der Waals surface area contributed by atoms with Gasteiger partial charge in [-0.2, -0.15) is 0 Å². The van der Waals surface area contributed by atoms with Crippen LogP contribution in [0, 0.1) is 0 Å². The summed E-state index contributed by atoms with van der Waals surface area (Å²) < 4.78 is 5.79. The number of aliphatic hydroxyl groups excluding tert-OH is 1. The number of rotatable bonds is 4. The third kappa shape index (κ3) is 3.01. The number of aliphatic hydroxyl groups is 1. The maximum absolute atomic E-state index is 10.8. The van der Waals surface area contributed by atoms with Crippen LogP contribution in [-0.2, 0) is 0 Å². The van der Waals surface area contributed by atoms with Crippen molar-refractivity contribution in [2.24, 2.45) is 0 Å². The number of nitrogens with zero attached hydrogens (tertiary/aromatic N) is 2. The molecule has 1 aromatic heterocycles. The van der Waals surface area contributed by atoms with Gasteiger partial charge in [0, 0.05) is 12.7 Å². The van der Waals surface area contributed by atoms with Gasteiger partial charge >= 0.3 is 5.97 Å². The lowest BCUT2D eigenvalue weighted by molar-refractivity contribution is 0.0696. The highest BCUT2D eigenvalue weighted by Gasteiger charge is 2.33. The fourth-order valence-corrected chi connectivity index (χ4v) is 2.43. The van der Waals surface area contributed by atoms with Crippen molar-refractivity contribution in [3.8, 4) is 5.75 Å². The smallest absolute Gasteiger partial charge is 0.337 e. The summed E-state index contributed by atoms with van der Waals surface area (Å²) in [6.45, 7) is 0.895. The summed E-state index contributed by atoms with van der Waals surface area (Å²) in [7, 11) is 0. The highest BCUT2D eigenvalue weighted by molar-refractivity contribution is 5.87. The van der Waals surface area contributed by atoms with Crippen molar-refractivity contribution in [1.29, 1.82) is 0 Å². The molecule has 1 aliphatic heterocycles. The van der Waals surface area contributed by atoms with E-state index in [4.69, 9.17) is 9.84 Å². The molecular weight excluding hydrogens is 284 g/mol. The molecule has 1 fully saturated rings. The Labute approximate surface area is 127 Å². The molecule has 0 unspecified atom stereocenters. The first kappa shape index (κ1) is 14.3. The molecule has 114 valence electrons. The SMILES string of the molecule is O=C(O)c1ccc(N2C[C@@H](O)[C@H](Oc3ccccc3)C2)nc1. The Morgan fingerprint density at radius 2 is 1.95 bits per heavy atom. The molecule has 3 rings (SSSR count). The minimum absolute atomic E-state index is 0.139. The van der Waals surface area contributed by atoms with Crippen LogP contribution in [0.4, 0.5) is 5.82 Å². The van der Waals surface area contributed by atoms with E-state index >= 15 is 0 Å². The van der Waals surface area contributed by atoms with E-state index in [0.717, 1.165) is 0 Å². The van der Waals surface area contributed by atoms with Gasteiger partial charge in [-0.3, -0.25) is 0 Å². The Morgan fingerprint density at radius 3 is 2.59 bits per heavy atom. The molecule has 1 aliphatic rings. The van der Waals surface area contributed by atoms with Gasteiger partial charge in [-0.05, 0) is 24.3 Å². The van der Waals surface area contributed by atoms with Gasteiger partial charge < -0.3 is 19.8 Å². The zero-order valence-electron chi connectivity index (χ0n) is 11.8. The summed E-state index contributed by atoms with van der Waals surface area (Å²) in [5.74, 6) is 0.330. The molecule has 0 spiro atoms. The number of para-hydroxylation sites is 1. The van der Waals surface area contributed by atoms with E-state index in [1.54, 1.807) is 6.07 Å². The number of hydrogen-bond acceptors (Lipinski definition) is 5. The van der Waals surface area contributed by atoms with Gasteiger partial charge in [0.1, 0.15) is 23.8 Å². The molecule has 0 saturated carbocycles. The molecule has 6 nitrogen and oxygen atoms in total. The van der Waals surface area contributed by atoms with Gasteiger partial charge in [-0.15, -0.1) is 0 Å². The van der Waals surface area contributed by atoms with Gasteiger partial charge in [0.15, 0.2) is 0 Å². The van der Waals surface area contributed by atoms with Gasteiger partial charge in [-0.1, -0.05) is 18.2 Å². The molecule has 2 heterocycles. The van der Waals surface area contributed by atoms with Crippen LogP contribution < -0.4 is 9.64 Å². The molecule has 0 radical (unpaired) electrons. The van der Waals surface area contributed by atoms with Crippen LogP contribution in [0.25, 0.3) is 0 Å². The number of carboxylic acids is 1. The summed E-state index contributed by atoms with van der Waals surface area (Å²) in [4.78, 5) is 16.8. The number of pyridine rings is 1. The Kier molecular flexibility index (Phi) is 3.93. The van der Waals surface area contributed by atoms with E-state index < -0.39 is 12.1 Å². The van der Waals surface area contributed by atoms with Crippen molar-refractivity contribution >= 4 is 11.8 Å². The van der Waals surface area contributed by atoms with Crippen LogP contribution in [0.2, 0.25) is 0 Å². The van der Waals surface area contributed by atoms with Gasteiger partial charge in [0.2, 0.25) is 0 Å². The second-order valence-electron chi connectivity index (χ2n) is 5.15. The molecule has 2 N–H and O–H groups in total. The zero-order valence-corrected chi connectivity index (χ0v) is 11.8. The maximum atomic E-state index is 10.8. The summed E-state index contributed by atoms with van der Waals surface area (Å²) in [5, 5.41) is 19.0. The van der Waals surface area contributed by atoms with Crippen LogP contribution in [0.3, 0.4) is 0 Å². The molecule has 0 aliphatic carbocycles. The van der Waals surface area contributed by atoms with Crippen LogP contribution in [0.1, 0.15) is 10.4 Å². The first-order chi connectivity index (χ1) is 10.6. The van der Waals surface area contributed by atoms with E-state index in [2.05, 4.69) is 4.98 Å². The average Bonchev–Trinajstić information content (AvgIpc) is 2.89. The van der Waals surface area contributed by atoms with E-state index in [1.807, 2.05) is 35.2 Å². The largest absolute Gasteiger partial charge is 0.486 e. The molecule has 0 amide bonds. The van der Waals surface area contributed by atoms with Gasteiger partial charge in [0.25, 0.3) is 0 Å². The van der Waals surface area contributed by atoms with Gasteiger partial charge in [-0.25, -0.2) is 9.78 Å². The molecule has 2 aromatic rings. The molecule has 0 bridgehead atoms. The summed E-state index contributed by atoms with van der Waals surface area (Å²) in [5.41, 5.74) is 0.139. The summed E-state index contributed by atoms with van der Waals surface area (Å²) >= 11 is 0. The molecule has 1 aromatic carbocycles. The number of aromatic nitrogens is 1. The van der Waals surface area contributed by atoms with Gasteiger partial charge in [0.05, 0.1) is 12.1 Å². The van der Waals surface area contributed by atoms with Crippen LogP contribution in [0.15, 0.2) is 48.7 Å². The normalized spacial score (nSPS) is 20.9. The number of aromatic carboxylic acids is 1. The number of carbonyl (C=O) groups is 1. The number of benzene rings is 1. The topological polar surface area (TPSA) is 82.9 Å². The first-order valence-corrected chi connectivity index (χ1v) is 6.97. The molecule has 6 heteroatoms. The predicted octanol–water partition coefficient (Wildman–Crippen LogP) is 1.41. The third-order valence-corrected chi connectivity index (χ3v) is 3.59. The minimum Gasteiger partial charge on any atom is -0.486 e. The monoisotopic (exact) mass is 300 g/mol. The quantitative estimate of drug-likeness (QED) is 0.888. The standard InChI is InChI=1S/C16H16N2O4/c19-13-9-18(15-7-6-11(8-17-15)16(20)21)10-14(13)22-12-4-2-1-3-5-12/h1-8,13-14,19H,9-10H2,(H,20,21)/t13-,14-/m1/s1. The van der Waals surface area contributed by atoms with Crippen molar-refractivity contribution in [1.82, 2.24) is 4.98 Å². The van der Waals surface area contributed by atoms with E-state index in [1.165, 1.54) is 12.3 Å². The van der Waals surface area contributed by atoms with Crippen molar-refractivity contribution in [3.05, 3.63) is 54.2 Å².